The zero-order valence-electron chi connectivity index (χ0n) is 12.6. The number of aryl methyl sites for hydroxylation is 1. The van der Waals surface area contributed by atoms with Crippen LogP contribution in [0.5, 0.6) is 0 Å². The number of rotatable bonds is 6. The highest BCUT2D eigenvalue weighted by molar-refractivity contribution is 5.33. The van der Waals surface area contributed by atoms with E-state index in [-0.39, 0.29) is 5.56 Å². The smallest absolute Gasteiger partial charge is 0.250 e. The Balaban J connectivity index is 1.72. The lowest BCUT2D eigenvalue weighted by Crippen LogP contribution is -2.29. The minimum atomic E-state index is 0.0271. The molecule has 1 aliphatic heterocycles. The third-order valence-electron chi connectivity index (χ3n) is 4.00. The quantitative estimate of drug-likeness (QED) is 0.832. The molecule has 1 aromatic heterocycles. The van der Waals surface area contributed by atoms with Gasteiger partial charge in [-0.25, -0.2) is 0 Å². The highest BCUT2D eigenvalue weighted by Gasteiger charge is 2.20. The van der Waals surface area contributed by atoms with Crippen molar-refractivity contribution in [1.29, 1.82) is 0 Å². The Morgan fingerprint density at radius 2 is 2.25 bits per heavy atom. The highest BCUT2D eigenvalue weighted by Crippen LogP contribution is 2.15. The van der Waals surface area contributed by atoms with Crippen LogP contribution >= 0.6 is 0 Å². The van der Waals surface area contributed by atoms with Crippen LogP contribution in [0.3, 0.4) is 0 Å². The van der Waals surface area contributed by atoms with Crippen molar-refractivity contribution in [2.75, 3.05) is 46.0 Å². The van der Waals surface area contributed by atoms with Crippen LogP contribution in [0, 0.1) is 5.92 Å². The van der Waals surface area contributed by atoms with Crippen LogP contribution in [0.2, 0.25) is 0 Å². The summed E-state index contributed by atoms with van der Waals surface area (Å²) in [5.41, 5.74) is 6.38. The lowest BCUT2D eigenvalue weighted by atomic mass is 10.1. The van der Waals surface area contributed by atoms with Gasteiger partial charge in [0.05, 0.1) is 0 Å². The van der Waals surface area contributed by atoms with Crippen molar-refractivity contribution in [3.8, 4) is 0 Å². The van der Waals surface area contributed by atoms with Gasteiger partial charge in [-0.05, 0) is 52.0 Å². The molecule has 20 heavy (non-hydrogen) atoms. The van der Waals surface area contributed by atoms with E-state index in [0.717, 1.165) is 32.0 Å². The van der Waals surface area contributed by atoms with Gasteiger partial charge in [-0.15, -0.1) is 0 Å². The number of pyridine rings is 1. The van der Waals surface area contributed by atoms with E-state index < -0.39 is 0 Å². The third kappa shape index (κ3) is 4.35. The van der Waals surface area contributed by atoms with E-state index >= 15 is 0 Å². The Kier molecular flexibility index (Phi) is 5.20. The van der Waals surface area contributed by atoms with Crippen molar-refractivity contribution in [3.63, 3.8) is 0 Å². The van der Waals surface area contributed by atoms with Crippen LogP contribution in [0.15, 0.2) is 23.1 Å². The van der Waals surface area contributed by atoms with Crippen molar-refractivity contribution in [2.45, 2.75) is 19.4 Å². The second-order valence-electron chi connectivity index (χ2n) is 6.03. The molecule has 5 nitrogen and oxygen atoms in total. The SMILES string of the molecule is CN(CCCn1cc(N)ccc1=O)CC1CCN(C)C1. The number of nitrogens with two attached hydrogens (primary N) is 1. The Bertz CT molecular complexity index is 485. The minimum absolute atomic E-state index is 0.0271. The van der Waals surface area contributed by atoms with Gasteiger partial charge in [-0.3, -0.25) is 4.79 Å². The fourth-order valence-corrected chi connectivity index (χ4v) is 2.94. The first-order valence-electron chi connectivity index (χ1n) is 7.37. The predicted octanol–water partition coefficient (Wildman–Crippen LogP) is 0.704. The summed E-state index contributed by atoms with van der Waals surface area (Å²) in [5.74, 6) is 0.792. The number of anilines is 1. The van der Waals surface area contributed by atoms with Gasteiger partial charge in [-0.1, -0.05) is 0 Å². The summed E-state index contributed by atoms with van der Waals surface area (Å²) in [5, 5.41) is 0. The molecule has 5 heteroatoms. The van der Waals surface area contributed by atoms with Gasteiger partial charge in [0.25, 0.3) is 5.56 Å². The molecule has 0 aromatic carbocycles. The Morgan fingerprint density at radius 3 is 2.95 bits per heavy atom. The van der Waals surface area contributed by atoms with Crippen LogP contribution in [0.1, 0.15) is 12.8 Å². The van der Waals surface area contributed by atoms with Gasteiger partial charge in [0, 0.05) is 37.6 Å². The molecule has 1 fully saturated rings. The van der Waals surface area contributed by atoms with E-state index in [2.05, 4.69) is 23.9 Å². The number of hydrogen-bond acceptors (Lipinski definition) is 4. The number of nitrogen functional groups attached to an aromatic ring is 1. The van der Waals surface area contributed by atoms with Gasteiger partial charge in [0.15, 0.2) is 0 Å². The first-order valence-corrected chi connectivity index (χ1v) is 7.37. The number of hydrogen-bond donors (Lipinski definition) is 1. The summed E-state index contributed by atoms with van der Waals surface area (Å²) < 4.78 is 1.70. The first kappa shape index (κ1) is 15.1. The van der Waals surface area contributed by atoms with Crippen LogP contribution in [0.25, 0.3) is 0 Å². The molecular formula is C15H26N4O. The average Bonchev–Trinajstić information content (AvgIpc) is 2.79. The Morgan fingerprint density at radius 1 is 1.45 bits per heavy atom. The van der Waals surface area contributed by atoms with Crippen LogP contribution in [0.4, 0.5) is 5.69 Å². The van der Waals surface area contributed by atoms with Gasteiger partial charge in [0.1, 0.15) is 0 Å². The molecule has 112 valence electrons. The summed E-state index contributed by atoms with van der Waals surface area (Å²) in [4.78, 5) is 16.4. The molecule has 0 aliphatic carbocycles. The molecule has 1 atom stereocenters. The Hall–Kier alpha value is -1.33. The zero-order valence-corrected chi connectivity index (χ0v) is 12.6. The maximum absolute atomic E-state index is 11.7. The maximum Gasteiger partial charge on any atom is 0.250 e. The summed E-state index contributed by atoms with van der Waals surface area (Å²) in [6.45, 7) is 5.33. The summed E-state index contributed by atoms with van der Waals surface area (Å²) in [6.07, 6.45) is 4.01. The molecule has 1 aromatic rings. The van der Waals surface area contributed by atoms with E-state index in [1.54, 1.807) is 16.8 Å². The van der Waals surface area contributed by atoms with E-state index in [9.17, 15) is 4.79 Å². The molecule has 2 rings (SSSR count). The minimum Gasteiger partial charge on any atom is -0.398 e. The monoisotopic (exact) mass is 278 g/mol. The van der Waals surface area contributed by atoms with Crippen molar-refractivity contribution in [3.05, 3.63) is 28.7 Å². The van der Waals surface area contributed by atoms with Crippen LogP contribution in [-0.2, 0) is 6.54 Å². The van der Waals surface area contributed by atoms with Crippen molar-refractivity contribution in [2.24, 2.45) is 5.92 Å². The molecule has 0 saturated carbocycles. The standard InChI is InChI=1S/C15H26N4O/c1-17(10-13-6-9-18(2)11-13)7-3-8-19-12-14(16)4-5-15(19)20/h4-5,12-13H,3,6-11,16H2,1-2H3. The molecule has 1 unspecified atom stereocenters. The molecule has 2 N–H and O–H groups in total. The number of aromatic nitrogens is 1. The van der Waals surface area contributed by atoms with Crippen molar-refractivity contribution in [1.82, 2.24) is 14.4 Å². The van der Waals surface area contributed by atoms with Gasteiger partial charge >= 0.3 is 0 Å². The zero-order chi connectivity index (χ0) is 14.5. The van der Waals surface area contributed by atoms with Crippen LogP contribution in [-0.4, -0.2) is 54.6 Å². The van der Waals surface area contributed by atoms with Gasteiger partial charge in [-0.2, -0.15) is 0 Å². The highest BCUT2D eigenvalue weighted by atomic mass is 16.1. The van der Waals surface area contributed by atoms with Gasteiger partial charge in [0.2, 0.25) is 0 Å². The Labute approximate surface area is 121 Å². The van der Waals surface area contributed by atoms with Crippen molar-refractivity contribution >= 4 is 5.69 Å². The molecule has 0 spiro atoms. The first-order chi connectivity index (χ1) is 9.54. The normalized spacial score (nSPS) is 19.9. The topological polar surface area (TPSA) is 54.5 Å². The van der Waals surface area contributed by atoms with E-state index in [0.29, 0.717) is 5.69 Å². The molecule has 0 radical (unpaired) electrons. The fourth-order valence-electron chi connectivity index (χ4n) is 2.94. The van der Waals surface area contributed by atoms with Crippen molar-refractivity contribution < 1.29 is 0 Å². The fraction of sp³-hybridized carbons (Fsp3) is 0.667. The van der Waals surface area contributed by atoms with Gasteiger partial charge < -0.3 is 20.1 Å². The summed E-state index contributed by atoms with van der Waals surface area (Å²) >= 11 is 0. The number of likely N-dealkylation sites (tertiary alicyclic amines) is 1. The maximum atomic E-state index is 11.7. The largest absolute Gasteiger partial charge is 0.398 e. The second kappa shape index (κ2) is 6.90. The third-order valence-corrected chi connectivity index (χ3v) is 4.00. The lowest BCUT2D eigenvalue weighted by Gasteiger charge is -2.21. The molecule has 1 aliphatic rings. The second-order valence-corrected chi connectivity index (χ2v) is 6.03. The van der Waals surface area contributed by atoms with Crippen LogP contribution < -0.4 is 11.3 Å². The summed E-state index contributed by atoms with van der Waals surface area (Å²) in [7, 11) is 4.35. The summed E-state index contributed by atoms with van der Waals surface area (Å²) in [6, 6.07) is 3.19. The number of nitrogens with zero attached hydrogens (tertiary/aromatic N) is 3. The predicted molar refractivity (Wildman–Crippen MR) is 82.8 cm³/mol. The van der Waals surface area contributed by atoms with E-state index in [4.69, 9.17) is 5.73 Å². The molecule has 0 bridgehead atoms. The van der Waals surface area contributed by atoms with E-state index in [1.165, 1.54) is 25.6 Å². The molecule has 0 amide bonds. The lowest BCUT2D eigenvalue weighted by molar-refractivity contribution is 0.266. The molecular weight excluding hydrogens is 252 g/mol. The molecule has 2 heterocycles. The molecule has 1 saturated heterocycles. The van der Waals surface area contributed by atoms with E-state index in [1.807, 2.05) is 0 Å². The average molecular weight is 278 g/mol.